The van der Waals surface area contributed by atoms with Gasteiger partial charge in [-0.15, -0.1) is 0 Å². The van der Waals surface area contributed by atoms with Gasteiger partial charge in [-0.1, -0.05) is 6.42 Å². The molecule has 7 heteroatoms. The summed E-state index contributed by atoms with van der Waals surface area (Å²) in [4.78, 5) is 14.0. The maximum atomic E-state index is 12.3. The first-order chi connectivity index (χ1) is 10.0. The van der Waals surface area contributed by atoms with Gasteiger partial charge in [0.25, 0.3) is 0 Å². The summed E-state index contributed by atoms with van der Waals surface area (Å²) >= 11 is 0. The molecule has 1 aliphatic heterocycles. The van der Waals surface area contributed by atoms with Crippen LogP contribution >= 0.6 is 0 Å². The molecule has 0 spiro atoms. The summed E-state index contributed by atoms with van der Waals surface area (Å²) < 4.78 is 32.0. The highest BCUT2D eigenvalue weighted by Crippen LogP contribution is 2.31. The molecule has 1 saturated carbocycles. The molecular formula is C14H26N2O4S. The maximum Gasteiger partial charge on any atom is 0.310 e. The minimum atomic E-state index is -3.43. The van der Waals surface area contributed by atoms with Crippen LogP contribution in [0.4, 0.5) is 0 Å². The summed E-state index contributed by atoms with van der Waals surface area (Å²) in [6.45, 7) is 3.64. The van der Waals surface area contributed by atoms with E-state index in [-0.39, 0.29) is 0 Å². The van der Waals surface area contributed by atoms with Crippen molar-refractivity contribution in [3.8, 4) is 0 Å². The standard InChI is InChI=1S/C14H26N2O4S/c1-20-14(17)12-6-4-7-13(12)21(18,19)15-8-5-11-16-9-2-3-10-16/h12-13,15H,2-11H2,1H3. The van der Waals surface area contributed by atoms with Gasteiger partial charge in [-0.2, -0.15) is 0 Å². The Morgan fingerprint density at radius 2 is 1.95 bits per heavy atom. The molecule has 1 N–H and O–H groups in total. The lowest BCUT2D eigenvalue weighted by molar-refractivity contribution is -0.145. The number of methoxy groups -OCH3 is 1. The minimum absolute atomic E-state index is 0.403. The summed E-state index contributed by atoms with van der Waals surface area (Å²) in [5.74, 6) is -0.911. The molecule has 0 aromatic rings. The molecule has 2 aliphatic rings. The highest BCUT2D eigenvalue weighted by Gasteiger charge is 2.41. The lowest BCUT2D eigenvalue weighted by Gasteiger charge is -2.19. The van der Waals surface area contributed by atoms with Crippen LogP contribution in [0.15, 0.2) is 0 Å². The largest absolute Gasteiger partial charge is 0.469 e. The van der Waals surface area contributed by atoms with Gasteiger partial charge in [0.2, 0.25) is 10.0 Å². The van der Waals surface area contributed by atoms with Crippen LogP contribution in [0, 0.1) is 5.92 Å². The van der Waals surface area contributed by atoms with E-state index in [1.807, 2.05) is 0 Å². The first-order valence-electron chi connectivity index (χ1n) is 7.83. The van der Waals surface area contributed by atoms with Crippen molar-refractivity contribution >= 4 is 16.0 Å². The van der Waals surface area contributed by atoms with E-state index in [2.05, 4.69) is 9.62 Å². The van der Waals surface area contributed by atoms with Gasteiger partial charge in [0, 0.05) is 6.54 Å². The van der Waals surface area contributed by atoms with Crippen LogP contribution in [-0.4, -0.2) is 57.8 Å². The molecule has 1 saturated heterocycles. The van der Waals surface area contributed by atoms with Gasteiger partial charge in [0.05, 0.1) is 18.3 Å². The summed E-state index contributed by atoms with van der Waals surface area (Å²) in [6, 6.07) is 0. The van der Waals surface area contributed by atoms with E-state index < -0.39 is 27.2 Å². The predicted molar refractivity (Wildman–Crippen MR) is 80.4 cm³/mol. The zero-order chi connectivity index (χ0) is 15.3. The third-order valence-corrected chi connectivity index (χ3v) is 6.48. The lowest BCUT2D eigenvalue weighted by Crippen LogP contribution is -2.40. The highest BCUT2D eigenvalue weighted by atomic mass is 32.2. The fourth-order valence-electron chi connectivity index (χ4n) is 3.35. The van der Waals surface area contributed by atoms with E-state index in [0.717, 1.165) is 32.5 Å². The Kier molecular flexibility index (Phi) is 6.01. The van der Waals surface area contributed by atoms with Crippen molar-refractivity contribution in [2.24, 2.45) is 5.92 Å². The monoisotopic (exact) mass is 318 g/mol. The molecule has 2 rings (SSSR count). The first kappa shape index (κ1) is 16.7. The number of hydrogen-bond acceptors (Lipinski definition) is 5. The predicted octanol–water partition coefficient (Wildman–Crippen LogP) is 0.733. The molecule has 0 bridgehead atoms. The number of carbonyl (C=O) groups excluding carboxylic acids is 1. The number of hydrogen-bond donors (Lipinski definition) is 1. The number of rotatable bonds is 7. The van der Waals surface area contributed by atoms with Gasteiger partial charge in [0.15, 0.2) is 0 Å². The second-order valence-electron chi connectivity index (χ2n) is 5.94. The second-order valence-corrected chi connectivity index (χ2v) is 7.92. The fraction of sp³-hybridized carbons (Fsp3) is 0.929. The minimum Gasteiger partial charge on any atom is -0.469 e. The molecule has 2 atom stereocenters. The zero-order valence-electron chi connectivity index (χ0n) is 12.7. The third-order valence-electron chi connectivity index (χ3n) is 4.51. The van der Waals surface area contributed by atoms with Gasteiger partial charge in [-0.3, -0.25) is 4.79 Å². The number of likely N-dealkylation sites (tertiary alicyclic amines) is 1. The van der Waals surface area contributed by atoms with Crippen molar-refractivity contribution in [1.82, 2.24) is 9.62 Å². The molecule has 6 nitrogen and oxygen atoms in total. The van der Waals surface area contributed by atoms with Gasteiger partial charge in [0.1, 0.15) is 0 Å². The Morgan fingerprint density at radius 3 is 2.62 bits per heavy atom. The molecule has 0 aromatic carbocycles. The fourth-order valence-corrected chi connectivity index (χ4v) is 5.15. The Balaban J connectivity index is 1.78. The average molecular weight is 318 g/mol. The Hall–Kier alpha value is -0.660. The van der Waals surface area contributed by atoms with Crippen LogP contribution in [0.5, 0.6) is 0 Å². The first-order valence-corrected chi connectivity index (χ1v) is 9.38. The van der Waals surface area contributed by atoms with Crippen LogP contribution in [0.1, 0.15) is 38.5 Å². The summed E-state index contributed by atoms with van der Waals surface area (Å²) in [5.41, 5.74) is 0. The molecule has 1 aliphatic carbocycles. The van der Waals surface area contributed by atoms with E-state index in [1.165, 1.54) is 20.0 Å². The van der Waals surface area contributed by atoms with E-state index in [1.54, 1.807) is 0 Å². The molecular weight excluding hydrogens is 292 g/mol. The molecule has 21 heavy (non-hydrogen) atoms. The van der Waals surface area contributed by atoms with Crippen molar-refractivity contribution in [1.29, 1.82) is 0 Å². The maximum absolute atomic E-state index is 12.3. The van der Waals surface area contributed by atoms with Crippen LogP contribution in [0.3, 0.4) is 0 Å². The number of nitrogens with one attached hydrogen (secondary N) is 1. The number of nitrogens with zero attached hydrogens (tertiary/aromatic N) is 1. The lowest BCUT2D eigenvalue weighted by atomic mass is 10.1. The van der Waals surface area contributed by atoms with Crippen molar-refractivity contribution in [2.75, 3.05) is 33.3 Å². The molecule has 122 valence electrons. The number of ether oxygens (including phenoxy) is 1. The van der Waals surface area contributed by atoms with E-state index in [9.17, 15) is 13.2 Å². The van der Waals surface area contributed by atoms with Crippen LogP contribution in [-0.2, 0) is 19.6 Å². The van der Waals surface area contributed by atoms with Crippen LogP contribution in [0.2, 0.25) is 0 Å². The van der Waals surface area contributed by atoms with Crippen molar-refractivity contribution in [2.45, 2.75) is 43.8 Å². The quantitative estimate of drug-likeness (QED) is 0.553. The normalized spacial score (nSPS) is 27.1. The average Bonchev–Trinajstić information content (AvgIpc) is 3.13. The smallest absolute Gasteiger partial charge is 0.310 e. The molecule has 0 amide bonds. The second kappa shape index (κ2) is 7.56. The molecule has 1 heterocycles. The summed E-state index contributed by atoms with van der Waals surface area (Å²) in [6.07, 6.45) is 5.21. The molecule has 2 unspecified atom stereocenters. The SMILES string of the molecule is COC(=O)C1CCCC1S(=O)(=O)NCCCN1CCCC1. The third kappa shape index (κ3) is 4.40. The Morgan fingerprint density at radius 1 is 1.24 bits per heavy atom. The number of esters is 1. The number of sulfonamides is 1. The molecule has 0 radical (unpaired) electrons. The Bertz CT molecular complexity index is 446. The highest BCUT2D eigenvalue weighted by molar-refractivity contribution is 7.90. The van der Waals surface area contributed by atoms with E-state index in [0.29, 0.717) is 19.4 Å². The number of carbonyl (C=O) groups is 1. The van der Waals surface area contributed by atoms with Crippen molar-refractivity contribution in [3.63, 3.8) is 0 Å². The van der Waals surface area contributed by atoms with Crippen molar-refractivity contribution < 1.29 is 17.9 Å². The summed E-state index contributed by atoms with van der Waals surface area (Å²) in [5, 5.41) is -0.628. The van der Waals surface area contributed by atoms with E-state index in [4.69, 9.17) is 4.74 Å². The van der Waals surface area contributed by atoms with E-state index >= 15 is 0 Å². The molecule has 2 fully saturated rings. The van der Waals surface area contributed by atoms with Crippen LogP contribution in [0.25, 0.3) is 0 Å². The topological polar surface area (TPSA) is 75.7 Å². The summed E-state index contributed by atoms with van der Waals surface area (Å²) in [7, 11) is -2.12. The van der Waals surface area contributed by atoms with Gasteiger partial charge < -0.3 is 9.64 Å². The Labute approximate surface area is 127 Å². The van der Waals surface area contributed by atoms with Gasteiger partial charge >= 0.3 is 5.97 Å². The van der Waals surface area contributed by atoms with Gasteiger partial charge in [-0.25, -0.2) is 13.1 Å². The van der Waals surface area contributed by atoms with Crippen LogP contribution < -0.4 is 4.72 Å². The van der Waals surface area contributed by atoms with Crippen molar-refractivity contribution in [3.05, 3.63) is 0 Å². The van der Waals surface area contributed by atoms with Gasteiger partial charge in [-0.05, 0) is 51.7 Å². The zero-order valence-corrected chi connectivity index (χ0v) is 13.5. The molecule has 0 aromatic heterocycles.